The third kappa shape index (κ3) is 2.31. The Kier molecular flexibility index (Phi) is 3.57. The number of aromatic nitrogens is 2. The van der Waals surface area contributed by atoms with E-state index in [-0.39, 0.29) is 0 Å². The van der Waals surface area contributed by atoms with Crippen LogP contribution in [0.2, 0.25) is 0 Å². The molecule has 0 spiro atoms. The predicted molar refractivity (Wildman–Crippen MR) is 68.4 cm³/mol. The molecule has 0 fully saturated rings. The number of methoxy groups -OCH3 is 3. The molecule has 0 atom stereocenters. The van der Waals surface area contributed by atoms with E-state index in [0.29, 0.717) is 28.6 Å². The van der Waals surface area contributed by atoms with Crippen LogP contribution in [0.15, 0.2) is 18.2 Å². The first kappa shape index (κ1) is 12.8. The molecule has 0 aliphatic carbocycles. The van der Waals surface area contributed by atoms with Gasteiger partial charge in [0.15, 0.2) is 17.2 Å². The summed E-state index contributed by atoms with van der Waals surface area (Å²) >= 11 is 0. The maximum absolute atomic E-state index is 8.78. The van der Waals surface area contributed by atoms with Crippen LogP contribution >= 0.6 is 0 Å². The lowest BCUT2D eigenvalue weighted by Gasteiger charge is -2.13. The average molecular weight is 259 g/mol. The molecule has 2 aromatic rings. The van der Waals surface area contributed by atoms with Crippen LogP contribution in [0.25, 0.3) is 11.3 Å². The molecular weight excluding hydrogens is 246 g/mol. The molecule has 2 rings (SSSR count). The van der Waals surface area contributed by atoms with E-state index in [1.165, 1.54) is 0 Å². The molecule has 6 heteroatoms. The SMILES string of the molecule is COc1cc(-c2cc(C#N)n[nH]2)cc(OC)c1OC. The lowest BCUT2D eigenvalue weighted by molar-refractivity contribution is 0.324. The minimum absolute atomic E-state index is 0.323. The summed E-state index contributed by atoms with van der Waals surface area (Å²) in [4.78, 5) is 0. The van der Waals surface area contributed by atoms with Crippen molar-refractivity contribution in [3.63, 3.8) is 0 Å². The van der Waals surface area contributed by atoms with Crippen molar-refractivity contribution in [2.24, 2.45) is 0 Å². The molecule has 1 heterocycles. The number of nitrogens with zero attached hydrogens (tertiary/aromatic N) is 2. The van der Waals surface area contributed by atoms with Gasteiger partial charge in [0.1, 0.15) is 6.07 Å². The molecule has 1 aromatic heterocycles. The van der Waals surface area contributed by atoms with Gasteiger partial charge in [-0.05, 0) is 12.1 Å². The Balaban J connectivity index is 2.55. The van der Waals surface area contributed by atoms with Crippen molar-refractivity contribution in [2.75, 3.05) is 21.3 Å². The molecule has 0 aliphatic rings. The van der Waals surface area contributed by atoms with Crippen LogP contribution in [0.1, 0.15) is 5.69 Å². The van der Waals surface area contributed by atoms with Gasteiger partial charge in [0.25, 0.3) is 0 Å². The molecule has 0 saturated carbocycles. The first-order valence-electron chi connectivity index (χ1n) is 5.49. The van der Waals surface area contributed by atoms with Crippen molar-refractivity contribution in [3.8, 4) is 34.6 Å². The summed E-state index contributed by atoms with van der Waals surface area (Å²) in [6.07, 6.45) is 0. The lowest BCUT2D eigenvalue weighted by atomic mass is 10.1. The fraction of sp³-hybridized carbons (Fsp3) is 0.231. The number of nitrogens with one attached hydrogen (secondary N) is 1. The van der Waals surface area contributed by atoms with Gasteiger partial charge >= 0.3 is 0 Å². The second kappa shape index (κ2) is 5.31. The van der Waals surface area contributed by atoms with Crippen molar-refractivity contribution in [3.05, 3.63) is 23.9 Å². The van der Waals surface area contributed by atoms with Gasteiger partial charge in [-0.1, -0.05) is 0 Å². The summed E-state index contributed by atoms with van der Waals surface area (Å²) in [6, 6.07) is 7.20. The minimum Gasteiger partial charge on any atom is -0.493 e. The molecule has 1 N–H and O–H groups in total. The Morgan fingerprint density at radius 1 is 1.05 bits per heavy atom. The van der Waals surface area contributed by atoms with Crippen molar-refractivity contribution in [2.45, 2.75) is 0 Å². The number of benzene rings is 1. The molecule has 0 unspecified atom stereocenters. The van der Waals surface area contributed by atoms with Gasteiger partial charge in [0.2, 0.25) is 5.75 Å². The maximum atomic E-state index is 8.78. The molecule has 0 saturated heterocycles. The zero-order chi connectivity index (χ0) is 13.8. The Morgan fingerprint density at radius 3 is 2.11 bits per heavy atom. The molecule has 0 amide bonds. The molecule has 0 bridgehead atoms. The summed E-state index contributed by atoms with van der Waals surface area (Å²) < 4.78 is 15.8. The van der Waals surface area contributed by atoms with Crippen LogP contribution in [0.3, 0.4) is 0 Å². The highest BCUT2D eigenvalue weighted by Crippen LogP contribution is 2.40. The topological polar surface area (TPSA) is 80.2 Å². The van der Waals surface area contributed by atoms with Crippen molar-refractivity contribution >= 4 is 0 Å². The first-order valence-corrected chi connectivity index (χ1v) is 5.49. The van der Waals surface area contributed by atoms with E-state index in [1.54, 1.807) is 39.5 Å². The van der Waals surface area contributed by atoms with E-state index in [1.807, 2.05) is 6.07 Å². The van der Waals surface area contributed by atoms with Crippen LogP contribution in [-0.2, 0) is 0 Å². The van der Waals surface area contributed by atoms with Gasteiger partial charge in [0, 0.05) is 11.6 Å². The number of nitriles is 1. The minimum atomic E-state index is 0.323. The van der Waals surface area contributed by atoms with Crippen LogP contribution in [0, 0.1) is 11.3 Å². The Labute approximate surface area is 110 Å². The van der Waals surface area contributed by atoms with E-state index in [2.05, 4.69) is 10.2 Å². The second-order valence-electron chi connectivity index (χ2n) is 3.69. The Hall–Kier alpha value is -2.68. The Bertz CT molecular complexity index is 603. The number of H-pyrrole nitrogens is 1. The molecule has 1 aromatic carbocycles. The zero-order valence-electron chi connectivity index (χ0n) is 10.9. The van der Waals surface area contributed by atoms with E-state index in [9.17, 15) is 0 Å². The van der Waals surface area contributed by atoms with Crippen molar-refractivity contribution < 1.29 is 14.2 Å². The standard InChI is InChI=1S/C13H13N3O3/c1-17-11-4-8(5-12(18-2)13(11)19-3)10-6-9(7-14)15-16-10/h4-6H,1-3H3,(H,15,16). The monoisotopic (exact) mass is 259 g/mol. The highest BCUT2D eigenvalue weighted by atomic mass is 16.5. The second-order valence-corrected chi connectivity index (χ2v) is 3.69. The Morgan fingerprint density at radius 2 is 1.68 bits per heavy atom. The molecule has 0 radical (unpaired) electrons. The van der Waals surface area contributed by atoms with Crippen LogP contribution in [0.5, 0.6) is 17.2 Å². The van der Waals surface area contributed by atoms with E-state index in [4.69, 9.17) is 19.5 Å². The smallest absolute Gasteiger partial charge is 0.203 e. The van der Waals surface area contributed by atoms with E-state index < -0.39 is 0 Å². The summed E-state index contributed by atoms with van der Waals surface area (Å²) in [7, 11) is 4.65. The van der Waals surface area contributed by atoms with E-state index in [0.717, 1.165) is 5.56 Å². The number of hydrogen-bond acceptors (Lipinski definition) is 5. The van der Waals surface area contributed by atoms with Crippen LogP contribution in [0.4, 0.5) is 0 Å². The van der Waals surface area contributed by atoms with Gasteiger partial charge in [0.05, 0.1) is 27.0 Å². The highest BCUT2D eigenvalue weighted by Gasteiger charge is 2.15. The maximum Gasteiger partial charge on any atom is 0.203 e. The van der Waals surface area contributed by atoms with Crippen molar-refractivity contribution in [1.29, 1.82) is 5.26 Å². The third-order valence-corrected chi connectivity index (χ3v) is 2.67. The largest absolute Gasteiger partial charge is 0.493 e. The predicted octanol–water partition coefficient (Wildman–Crippen LogP) is 1.97. The van der Waals surface area contributed by atoms with Crippen LogP contribution < -0.4 is 14.2 Å². The van der Waals surface area contributed by atoms with Gasteiger partial charge in [-0.15, -0.1) is 0 Å². The molecule has 0 aliphatic heterocycles. The molecular formula is C13H13N3O3. The average Bonchev–Trinajstić information content (AvgIpc) is 2.94. The number of ether oxygens (including phenoxy) is 3. The number of aromatic amines is 1. The van der Waals surface area contributed by atoms with Gasteiger partial charge in [-0.25, -0.2) is 0 Å². The zero-order valence-corrected chi connectivity index (χ0v) is 10.9. The van der Waals surface area contributed by atoms with Crippen molar-refractivity contribution in [1.82, 2.24) is 10.2 Å². The van der Waals surface area contributed by atoms with Crippen LogP contribution in [-0.4, -0.2) is 31.5 Å². The quantitative estimate of drug-likeness (QED) is 0.908. The number of rotatable bonds is 4. The fourth-order valence-electron chi connectivity index (χ4n) is 1.76. The third-order valence-electron chi connectivity index (χ3n) is 2.67. The fourth-order valence-corrected chi connectivity index (χ4v) is 1.76. The molecule has 98 valence electrons. The molecule has 6 nitrogen and oxygen atoms in total. The van der Waals surface area contributed by atoms with Gasteiger partial charge in [-0.2, -0.15) is 10.4 Å². The lowest BCUT2D eigenvalue weighted by Crippen LogP contribution is -1.95. The van der Waals surface area contributed by atoms with Gasteiger partial charge in [-0.3, -0.25) is 5.10 Å². The summed E-state index contributed by atoms with van der Waals surface area (Å²) in [6.45, 7) is 0. The highest BCUT2D eigenvalue weighted by molar-refractivity contribution is 5.69. The normalized spacial score (nSPS) is 9.79. The van der Waals surface area contributed by atoms with E-state index >= 15 is 0 Å². The first-order chi connectivity index (χ1) is 9.23. The number of hydrogen-bond donors (Lipinski definition) is 1. The summed E-state index contributed by atoms with van der Waals surface area (Å²) in [5, 5.41) is 15.4. The van der Waals surface area contributed by atoms with Gasteiger partial charge < -0.3 is 14.2 Å². The summed E-state index contributed by atoms with van der Waals surface area (Å²) in [5.41, 5.74) is 1.82. The molecule has 19 heavy (non-hydrogen) atoms. The summed E-state index contributed by atoms with van der Waals surface area (Å²) in [5.74, 6) is 1.61.